The number of benzene rings is 2. The summed E-state index contributed by atoms with van der Waals surface area (Å²) in [6, 6.07) is 19.0. The molecule has 3 N–H and O–H groups in total. The Labute approximate surface area is 156 Å². The number of anilines is 2. The van der Waals surface area contributed by atoms with Gasteiger partial charge in [0.15, 0.2) is 0 Å². The topological polar surface area (TPSA) is 92.4 Å². The minimum absolute atomic E-state index is 0.291. The van der Waals surface area contributed by atoms with Crippen LogP contribution in [0.4, 0.5) is 16.2 Å². The molecule has 3 amide bonds. The van der Waals surface area contributed by atoms with Crippen molar-refractivity contribution in [1.29, 1.82) is 0 Å². The summed E-state index contributed by atoms with van der Waals surface area (Å²) in [4.78, 5) is 27.7. The van der Waals surface area contributed by atoms with E-state index in [1.165, 1.54) is 13.2 Å². The lowest BCUT2D eigenvalue weighted by Gasteiger charge is -2.08. The Hall–Kier alpha value is -3.87. The fourth-order valence-electron chi connectivity index (χ4n) is 2.22. The van der Waals surface area contributed by atoms with Crippen molar-refractivity contribution in [2.45, 2.75) is 0 Å². The van der Waals surface area contributed by atoms with Crippen molar-refractivity contribution in [3.63, 3.8) is 0 Å². The van der Waals surface area contributed by atoms with E-state index in [2.05, 4.69) is 20.9 Å². The minimum atomic E-state index is -0.310. The summed E-state index contributed by atoms with van der Waals surface area (Å²) in [6.45, 7) is 0. The van der Waals surface area contributed by atoms with Gasteiger partial charge in [-0.2, -0.15) is 0 Å². The van der Waals surface area contributed by atoms with E-state index in [4.69, 9.17) is 4.74 Å². The fourth-order valence-corrected chi connectivity index (χ4v) is 2.22. The molecule has 0 aliphatic carbocycles. The maximum absolute atomic E-state index is 12.3. The number of amides is 3. The van der Waals surface area contributed by atoms with E-state index < -0.39 is 0 Å². The van der Waals surface area contributed by atoms with E-state index in [1.54, 1.807) is 36.4 Å². The van der Waals surface area contributed by atoms with Gasteiger partial charge in [0.1, 0.15) is 5.75 Å². The Morgan fingerprint density at radius 1 is 0.852 bits per heavy atom. The average Bonchev–Trinajstić information content (AvgIpc) is 2.70. The van der Waals surface area contributed by atoms with Crippen LogP contribution >= 0.6 is 0 Å². The van der Waals surface area contributed by atoms with E-state index >= 15 is 0 Å². The lowest BCUT2D eigenvalue weighted by molar-refractivity contribution is 0.102. The van der Waals surface area contributed by atoms with Crippen molar-refractivity contribution >= 4 is 23.3 Å². The number of carbonyl (C=O) groups excluding carboxylic acids is 2. The van der Waals surface area contributed by atoms with Crippen molar-refractivity contribution in [1.82, 2.24) is 10.3 Å². The third kappa shape index (κ3) is 5.05. The molecule has 0 bridgehead atoms. The smallest absolute Gasteiger partial charge is 0.318 e. The molecule has 0 fully saturated rings. The number of pyridine rings is 1. The van der Waals surface area contributed by atoms with Gasteiger partial charge in [-0.25, -0.2) is 9.78 Å². The van der Waals surface area contributed by atoms with Crippen LogP contribution in [0.1, 0.15) is 10.4 Å². The summed E-state index contributed by atoms with van der Waals surface area (Å²) in [7, 11) is 1.54. The molecular formula is C20H18N4O3. The van der Waals surface area contributed by atoms with E-state index in [0.29, 0.717) is 28.6 Å². The number of urea groups is 1. The molecule has 0 aliphatic rings. The lowest BCUT2D eigenvalue weighted by atomic mass is 10.2. The molecule has 1 aromatic heterocycles. The number of nitrogens with zero attached hydrogens (tertiary/aromatic N) is 1. The predicted molar refractivity (Wildman–Crippen MR) is 103 cm³/mol. The number of para-hydroxylation sites is 1. The molecule has 0 saturated heterocycles. The van der Waals surface area contributed by atoms with Crippen LogP contribution in [0.5, 0.6) is 11.6 Å². The number of nitrogens with one attached hydrogen (secondary N) is 3. The third-order valence-corrected chi connectivity index (χ3v) is 3.59. The maximum Gasteiger partial charge on any atom is 0.318 e. The molecule has 3 aromatic rings. The first kappa shape index (κ1) is 17.9. The van der Waals surface area contributed by atoms with Crippen LogP contribution in [-0.4, -0.2) is 24.0 Å². The Kier molecular flexibility index (Phi) is 5.64. The standard InChI is InChI=1S/C20H18N4O3/c1-21-20(26)24-16-10-8-15(9-11-16)23-19(25)14-7-12-18(22-13-14)27-17-5-3-2-4-6-17/h2-13H,1H3,(H,23,25)(H2,21,24,26). The van der Waals surface area contributed by atoms with Gasteiger partial charge in [0.25, 0.3) is 5.91 Å². The number of hydrogen-bond donors (Lipinski definition) is 3. The zero-order valence-electron chi connectivity index (χ0n) is 14.6. The molecule has 27 heavy (non-hydrogen) atoms. The first-order chi connectivity index (χ1) is 13.1. The van der Waals surface area contributed by atoms with Gasteiger partial charge >= 0.3 is 6.03 Å². The van der Waals surface area contributed by atoms with Crippen LogP contribution < -0.4 is 20.7 Å². The van der Waals surface area contributed by atoms with Crippen LogP contribution in [0.3, 0.4) is 0 Å². The predicted octanol–water partition coefficient (Wildman–Crippen LogP) is 3.88. The van der Waals surface area contributed by atoms with E-state index in [-0.39, 0.29) is 11.9 Å². The quantitative estimate of drug-likeness (QED) is 0.642. The van der Waals surface area contributed by atoms with Crippen LogP contribution in [0.25, 0.3) is 0 Å². The van der Waals surface area contributed by atoms with Crippen LogP contribution in [0.2, 0.25) is 0 Å². The SMILES string of the molecule is CNC(=O)Nc1ccc(NC(=O)c2ccc(Oc3ccccc3)nc2)cc1. The average molecular weight is 362 g/mol. The molecule has 0 radical (unpaired) electrons. The summed E-state index contributed by atoms with van der Waals surface area (Å²) < 4.78 is 5.60. The lowest BCUT2D eigenvalue weighted by Crippen LogP contribution is -2.24. The highest BCUT2D eigenvalue weighted by Gasteiger charge is 2.08. The second kappa shape index (κ2) is 8.48. The fraction of sp³-hybridized carbons (Fsp3) is 0.0500. The molecule has 0 saturated carbocycles. The zero-order chi connectivity index (χ0) is 19.1. The number of hydrogen-bond acceptors (Lipinski definition) is 4. The zero-order valence-corrected chi connectivity index (χ0v) is 14.6. The molecule has 0 aliphatic heterocycles. The van der Waals surface area contributed by atoms with Gasteiger partial charge in [-0.1, -0.05) is 18.2 Å². The monoisotopic (exact) mass is 362 g/mol. The highest BCUT2D eigenvalue weighted by Crippen LogP contribution is 2.19. The van der Waals surface area contributed by atoms with Gasteiger partial charge in [0.05, 0.1) is 5.56 Å². The summed E-state index contributed by atoms with van der Waals surface area (Å²) in [6.07, 6.45) is 1.45. The number of aromatic nitrogens is 1. The molecule has 0 atom stereocenters. The van der Waals surface area contributed by atoms with E-state index in [1.807, 2.05) is 30.3 Å². The summed E-state index contributed by atoms with van der Waals surface area (Å²) in [5.74, 6) is 0.788. The molecule has 7 nitrogen and oxygen atoms in total. The molecule has 0 unspecified atom stereocenters. The number of ether oxygens (including phenoxy) is 1. The van der Waals surface area contributed by atoms with E-state index in [9.17, 15) is 9.59 Å². The molecule has 2 aromatic carbocycles. The second-order valence-electron chi connectivity index (χ2n) is 5.54. The minimum Gasteiger partial charge on any atom is -0.439 e. The van der Waals surface area contributed by atoms with E-state index in [0.717, 1.165) is 0 Å². The van der Waals surface area contributed by atoms with Gasteiger partial charge < -0.3 is 20.7 Å². The number of rotatable bonds is 5. The summed E-state index contributed by atoms with van der Waals surface area (Å²) >= 11 is 0. The van der Waals surface area contributed by atoms with Crippen molar-refractivity contribution < 1.29 is 14.3 Å². The molecule has 136 valence electrons. The van der Waals surface area contributed by atoms with Crippen molar-refractivity contribution in [3.8, 4) is 11.6 Å². The second-order valence-corrected chi connectivity index (χ2v) is 5.54. The van der Waals surface area contributed by atoms with Crippen LogP contribution in [-0.2, 0) is 0 Å². The Balaban J connectivity index is 1.60. The van der Waals surface area contributed by atoms with Crippen molar-refractivity contribution in [3.05, 3.63) is 78.5 Å². The molecule has 0 spiro atoms. The maximum atomic E-state index is 12.3. The first-order valence-corrected chi connectivity index (χ1v) is 8.23. The van der Waals surface area contributed by atoms with Crippen LogP contribution in [0.15, 0.2) is 72.9 Å². The first-order valence-electron chi connectivity index (χ1n) is 8.23. The molecule has 3 rings (SSSR count). The normalized spacial score (nSPS) is 9.96. The highest BCUT2D eigenvalue weighted by molar-refractivity contribution is 6.04. The Bertz CT molecular complexity index is 910. The van der Waals surface area contributed by atoms with Gasteiger partial charge in [-0.05, 0) is 42.5 Å². The van der Waals surface area contributed by atoms with Gasteiger partial charge in [0.2, 0.25) is 5.88 Å². The third-order valence-electron chi connectivity index (χ3n) is 3.59. The summed E-state index contributed by atoms with van der Waals surface area (Å²) in [5.41, 5.74) is 1.63. The Morgan fingerprint density at radius 3 is 2.11 bits per heavy atom. The largest absolute Gasteiger partial charge is 0.439 e. The van der Waals surface area contributed by atoms with Gasteiger partial charge in [-0.15, -0.1) is 0 Å². The van der Waals surface area contributed by atoms with Crippen LogP contribution in [0, 0.1) is 0 Å². The molecule has 1 heterocycles. The highest BCUT2D eigenvalue weighted by atomic mass is 16.5. The number of carbonyl (C=O) groups is 2. The van der Waals surface area contributed by atoms with Crippen molar-refractivity contribution in [2.24, 2.45) is 0 Å². The van der Waals surface area contributed by atoms with Gasteiger partial charge in [0, 0.05) is 30.7 Å². The van der Waals surface area contributed by atoms with Gasteiger partial charge in [-0.3, -0.25) is 4.79 Å². The summed E-state index contributed by atoms with van der Waals surface area (Å²) in [5, 5.41) is 7.88. The van der Waals surface area contributed by atoms with Crippen molar-refractivity contribution in [2.75, 3.05) is 17.7 Å². The Morgan fingerprint density at radius 2 is 1.52 bits per heavy atom. The molecule has 7 heteroatoms. The molecular weight excluding hydrogens is 344 g/mol.